The highest BCUT2D eigenvalue weighted by atomic mass is 79.9. The molecule has 1 N–H and O–H groups in total. The van der Waals surface area contributed by atoms with Gasteiger partial charge in [-0.25, -0.2) is 0 Å². The lowest BCUT2D eigenvalue weighted by Crippen LogP contribution is -2.28. The quantitative estimate of drug-likeness (QED) is 0.844. The molecule has 0 spiro atoms. The van der Waals surface area contributed by atoms with Crippen molar-refractivity contribution in [2.24, 2.45) is 7.05 Å². The van der Waals surface area contributed by atoms with Crippen molar-refractivity contribution in [2.45, 2.75) is 6.54 Å². The number of amides is 1. The Morgan fingerprint density at radius 2 is 2.26 bits per heavy atom. The molecule has 0 radical (unpaired) electrons. The standard InChI is InChI=1S/C10H10Br2ClN5O/c1-17(4-6-5(13)3-14-18(6)2)10(19)8-7(11)9(12)16-15-8/h3H,4H2,1-2H3,(H,15,16). The minimum absolute atomic E-state index is 0.217. The summed E-state index contributed by atoms with van der Waals surface area (Å²) >= 11 is 12.6. The van der Waals surface area contributed by atoms with Crippen LogP contribution in [0.2, 0.25) is 5.02 Å². The molecule has 19 heavy (non-hydrogen) atoms. The second kappa shape index (κ2) is 5.64. The number of aryl methyl sites for hydroxylation is 1. The number of rotatable bonds is 3. The summed E-state index contributed by atoms with van der Waals surface area (Å²) in [7, 11) is 3.46. The van der Waals surface area contributed by atoms with E-state index < -0.39 is 0 Å². The van der Waals surface area contributed by atoms with Crippen LogP contribution in [0, 0.1) is 0 Å². The van der Waals surface area contributed by atoms with Gasteiger partial charge in [-0.3, -0.25) is 14.6 Å². The molecule has 2 aromatic rings. The highest BCUT2D eigenvalue weighted by Gasteiger charge is 2.21. The minimum Gasteiger partial charge on any atom is -0.334 e. The van der Waals surface area contributed by atoms with Crippen molar-refractivity contribution >= 4 is 49.4 Å². The maximum atomic E-state index is 12.2. The molecule has 0 aliphatic rings. The lowest BCUT2D eigenvalue weighted by Gasteiger charge is -2.16. The summed E-state index contributed by atoms with van der Waals surface area (Å²) < 4.78 is 2.87. The zero-order chi connectivity index (χ0) is 14.2. The molecule has 0 aliphatic carbocycles. The molecule has 6 nitrogen and oxygen atoms in total. The molecule has 0 bridgehead atoms. The summed E-state index contributed by atoms with van der Waals surface area (Å²) in [5, 5.41) is 11.2. The van der Waals surface area contributed by atoms with Crippen molar-refractivity contribution < 1.29 is 4.79 Å². The molecule has 9 heteroatoms. The molecule has 2 aromatic heterocycles. The number of hydrogen-bond donors (Lipinski definition) is 1. The number of hydrogen-bond acceptors (Lipinski definition) is 3. The second-order valence-corrected chi connectivity index (χ2v) is 5.92. The number of aromatic amines is 1. The smallest absolute Gasteiger partial charge is 0.275 e. The molecule has 0 atom stereocenters. The Kier molecular flexibility index (Phi) is 4.32. The molecular formula is C10H10Br2ClN5O. The van der Waals surface area contributed by atoms with Gasteiger partial charge in [0.1, 0.15) is 4.60 Å². The highest BCUT2D eigenvalue weighted by Crippen LogP contribution is 2.25. The number of nitrogens with one attached hydrogen (secondary N) is 1. The van der Waals surface area contributed by atoms with Gasteiger partial charge in [0, 0.05) is 14.1 Å². The van der Waals surface area contributed by atoms with Crippen molar-refractivity contribution in [3.05, 3.63) is 31.7 Å². The van der Waals surface area contributed by atoms with Gasteiger partial charge in [-0.15, -0.1) is 0 Å². The van der Waals surface area contributed by atoms with E-state index in [1.54, 1.807) is 25.0 Å². The Bertz CT molecular complexity index is 604. The normalized spacial score (nSPS) is 10.8. The third kappa shape index (κ3) is 2.85. The van der Waals surface area contributed by atoms with Crippen LogP contribution in [-0.2, 0) is 13.6 Å². The van der Waals surface area contributed by atoms with Crippen molar-refractivity contribution in [1.82, 2.24) is 24.9 Å². The van der Waals surface area contributed by atoms with Crippen molar-refractivity contribution in [1.29, 1.82) is 0 Å². The maximum absolute atomic E-state index is 12.2. The largest absolute Gasteiger partial charge is 0.334 e. The fourth-order valence-electron chi connectivity index (χ4n) is 1.54. The summed E-state index contributed by atoms with van der Waals surface area (Å²) in [4.78, 5) is 13.8. The fraction of sp³-hybridized carbons (Fsp3) is 0.300. The van der Waals surface area contributed by atoms with Crippen LogP contribution in [-0.4, -0.2) is 37.8 Å². The summed E-state index contributed by atoms with van der Waals surface area (Å²) in [5.41, 5.74) is 1.08. The number of nitrogens with zero attached hydrogens (tertiary/aromatic N) is 4. The number of carbonyl (C=O) groups excluding carboxylic acids is 1. The van der Waals surface area contributed by atoms with Gasteiger partial charge in [0.2, 0.25) is 0 Å². The maximum Gasteiger partial charge on any atom is 0.275 e. The van der Waals surface area contributed by atoms with Gasteiger partial charge in [-0.1, -0.05) is 11.6 Å². The first-order chi connectivity index (χ1) is 8.91. The first kappa shape index (κ1) is 14.5. The summed E-state index contributed by atoms with van der Waals surface area (Å²) in [6, 6.07) is 0. The van der Waals surface area contributed by atoms with Gasteiger partial charge >= 0.3 is 0 Å². The summed E-state index contributed by atoms with van der Waals surface area (Å²) in [5.74, 6) is -0.217. The monoisotopic (exact) mass is 409 g/mol. The van der Waals surface area contributed by atoms with Crippen LogP contribution in [0.5, 0.6) is 0 Å². The number of H-pyrrole nitrogens is 1. The minimum atomic E-state index is -0.217. The SMILES string of the molecule is CN(Cc1c(Cl)cnn1C)C(=O)c1n[nH]c(Br)c1Br. The third-order valence-corrected chi connectivity index (χ3v) is 4.81. The van der Waals surface area contributed by atoms with Gasteiger partial charge in [0.05, 0.1) is 27.9 Å². The van der Waals surface area contributed by atoms with E-state index in [4.69, 9.17) is 11.6 Å². The lowest BCUT2D eigenvalue weighted by atomic mass is 10.3. The van der Waals surface area contributed by atoms with Gasteiger partial charge in [-0.05, 0) is 31.9 Å². The molecule has 0 aromatic carbocycles. The zero-order valence-electron chi connectivity index (χ0n) is 10.1. The molecule has 1 amide bonds. The van der Waals surface area contributed by atoms with Gasteiger partial charge in [-0.2, -0.15) is 10.2 Å². The van der Waals surface area contributed by atoms with E-state index in [0.717, 1.165) is 5.69 Å². The van der Waals surface area contributed by atoms with Crippen LogP contribution in [0.3, 0.4) is 0 Å². The average Bonchev–Trinajstić information content (AvgIpc) is 2.86. The van der Waals surface area contributed by atoms with Crippen molar-refractivity contribution in [3.8, 4) is 0 Å². The Labute approximate surface area is 131 Å². The molecular weight excluding hydrogens is 401 g/mol. The number of carbonyl (C=O) groups is 1. The summed E-state index contributed by atoms with van der Waals surface area (Å²) in [6.07, 6.45) is 1.55. The Hall–Kier alpha value is -0.860. The Morgan fingerprint density at radius 3 is 2.74 bits per heavy atom. The molecule has 0 saturated heterocycles. The first-order valence-electron chi connectivity index (χ1n) is 5.23. The van der Waals surface area contributed by atoms with Crippen molar-refractivity contribution in [2.75, 3.05) is 7.05 Å². The number of aromatic nitrogens is 4. The predicted molar refractivity (Wildman–Crippen MR) is 78.0 cm³/mol. The predicted octanol–water partition coefficient (Wildman–Crippen LogP) is 2.59. The molecule has 0 unspecified atom stereocenters. The first-order valence-corrected chi connectivity index (χ1v) is 7.19. The highest BCUT2D eigenvalue weighted by molar-refractivity contribution is 9.13. The van der Waals surface area contributed by atoms with Crippen molar-refractivity contribution in [3.63, 3.8) is 0 Å². The van der Waals surface area contributed by atoms with E-state index in [-0.39, 0.29) is 5.91 Å². The van der Waals surface area contributed by atoms with E-state index in [1.165, 1.54) is 4.90 Å². The molecule has 2 rings (SSSR count). The molecule has 0 saturated carbocycles. The van der Waals surface area contributed by atoms with Crippen LogP contribution in [0.1, 0.15) is 16.2 Å². The van der Waals surface area contributed by atoms with Crippen LogP contribution >= 0.6 is 43.5 Å². The second-order valence-electron chi connectivity index (χ2n) is 3.92. The van der Waals surface area contributed by atoms with E-state index >= 15 is 0 Å². The van der Waals surface area contributed by atoms with Crippen LogP contribution in [0.15, 0.2) is 15.3 Å². The third-order valence-electron chi connectivity index (χ3n) is 2.61. The van der Waals surface area contributed by atoms with E-state index in [1.807, 2.05) is 0 Å². The topological polar surface area (TPSA) is 66.8 Å². The van der Waals surface area contributed by atoms with Crippen LogP contribution in [0.25, 0.3) is 0 Å². The van der Waals surface area contributed by atoms with Crippen LogP contribution in [0.4, 0.5) is 0 Å². The molecule has 0 aliphatic heterocycles. The average molecular weight is 411 g/mol. The van der Waals surface area contributed by atoms with Gasteiger partial charge in [0.15, 0.2) is 5.69 Å². The van der Waals surface area contributed by atoms with E-state index in [0.29, 0.717) is 26.3 Å². The number of halogens is 3. The van der Waals surface area contributed by atoms with E-state index in [9.17, 15) is 4.79 Å². The van der Waals surface area contributed by atoms with Crippen LogP contribution < -0.4 is 0 Å². The van der Waals surface area contributed by atoms with E-state index in [2.05, 4.69) is 47.2 Å². The lowest BCUT2D eigenvalue weighted by molar-refractivity contribution is 0.0775. The van der Waals surface area contributed by atoms with Gasteiger partial charge in [0.25, 0.3) is 5.91 Å². The zero-order valence-corrected chi connectivity index (χ0v) is 14.0. The fourth-order valence-corrected chi connectivity index (χ4v) is 2.39. The molecule has 0 fully saturated rings. The Morgan fingerprint density at radius 1 is 1.58 bits per heavy atom. The Balaban J connectivity index is 2.19. The molecule has 2 heterocycles. The summed E-state index contributed by atoms with van der Waals surface area (Å²) in [6.45, 7) is 0.352. The van der Waals surface area contributed by atoms with Gasteiger partial charge < -0.3 is 4.90 Å². The molecule has 102 valence electrons.